The molecule has 3 aromatic rings. The number of aromatic nitrogens is 1. The molecule has 24 heavy (non-hydrogen) atoms. The number of hydrogen-bond donors (Lipinski definition) is 1. The molecular weight excluding hydrogens is 307 g/mol. The molecule has 0 saturated heterocycles. The van der Waals surface area contributed by atoms with E-state index in [4.69, 9.17) is 0 Å². The normalized spacial score (nSPS) is 13.8. The Morgan fingerprint density at radius 2 is 2.08 bits per heavy atom. The van der Waals surface area contributed by atoms with Crippen LogP contribution in [-0.4, -0.2) is 22.5 Å². The number of carbonyl (C=O) groups is 1. The molecule has 0 aliphatic carbocycles. The summed E-state index contributed by atoms with van der Waals surface area (Å²) in [6.45, 7) is 0.539. The number of rotatable bonds is 1. The molecule has 0 fully saturated rings. The van der Waals surface area contributed by atoms with Crippen LogP contribution in [0.1, 0.15) is 22.3 Å². The lowest BCUT2D eigenvalue weighted by Gasteiger charge is -2.29. The van der Waals surface area contributed by atoms with Gasteiger partial charge in [0.25, 0.3) is 5.91 Å². The molecule has 4 rings (SSSR count). The van der Waals surface area contributed by atoms with Gasteiger partial charge in [0.2, 0.25) is 0 Å². The van der Waals surface area contributed by atoms with Crippen LogP contribution in [0, 0.1) is 5.82 Å². The fourth-order valence-corrected chi connectivity index (χ4v) is 3.22. The second kappa shape index (κ2) is 5.60. The Balaban J connectivity index is 1.79. The summed E-state index contributed by atoms with van der Waals surface area (Å²) in [5.41, 5.74) is 2.12. The first-order chi connectivity index (χ1) is 11.6. The molecule has 0 spiro atoms. The fraction of sp³-hybridized carbons (Fsp3) is 0.158. The second-order valence-corrected chi connectivity index (χ2v) is 5.87. The van der Waals surface area contributed by atoms with Gasteiger partial charge in [-0.1, -0.05) is 12.1 Å². The van der Waals surface area contributed by atoms with E-state index < -0.39 is 0 Å². The molecule has 4 nitrogen and oxygen atoms in total. The van der Waals surface area contributed by atoms with Gasteiger partial charge in [-0.2, -0.15) is 0 Å². The van der Waals surface area contributed by atoms with Gasteiger partial charge in [0.1, 0.15) is 11.3 Å². The molecular formula is C19H15FN2O2. The number of aromatic hydroxyl groups is 1. The summed E-state index contributed by atoms with van der Waals surface area (Å²) in [5.74, 6) is -0.722. The van der Waals surface area contributed by atoms with Crippen molar-refractivity contribution in [2.24, 2.45) is 0 Å². The van der Waals surface area contributed by atoms with Gasteiger partial charge in [0.05, 0.1) is 5.56 Å². The SMILES string of the molecule is O=C(c1ccc2cccnc2c1O)N1CCCc2cc(F)ccc21. The van der Waals surface area contributed by atoms with Crippen molar-refractivity contribution < 1.29 is 14.3 Å². The van der Waals surface area contributed by atoms with E-state index in [1.54, 1.807) is 35.4 Å². The first kappa shape index (κ1) is 14.6. The van der Waals surface area contributed by atoms with Crippen LogP contribution in [0.25, 0.3) is 10.9 Å². The molecule has 1 aromatic heterocycles. The number of fused-ring (bicyclic) bond motifs is 2. The molecule has 1 amide bonds. The third-order valence-corrected chi connectivity index (χ3v) is 4.38. The highest BCUT2D eigenvalue weighted by Gasteiger charge is 2.26. The van der Waals surface area contributed by atoms with Crippen LogP contribution in [-0.2, 0) is 6.42 Å². The molecule has 1 aliphatic rings. The third-order valence-electron chi connectivity index (χ3n) is 4.38. The van der Waals surface area contributed by atoms with Crippen molar-refractivity contribution in [2.75, 3.05) is 11.4 Å². The predicted molar refractivity (Wildman–Crippen MR) is 89.8 cm³/mol. The Morgan fingerprint density at radius 3 is 2.96 bits per heavy atom. The lowest BCUT2D eigenvalue weighted by atomic mass is 10.00. The van der Waals surface area contributed by atoms with Gasteiger partial charge in [-0.25, -0.2) is 4.39 Å². The standard InChI is InChI=1S/C19H15FN2O2/c20-14-6-8-16-13(11-14)4-2-10-22(16)19(24)15-7-5-12-3-1-9-21-17(12)18(15)23/h1,3,5-9,11,23H,2,4,10H2. The molecule has 2 heterocycles. The number of halogens is 1. The number of phenols is 1. The van der Waals surface area contributed by atoms with Crippen LogP contribution in [0.3, 0.4) is 0 Å². The van der Waals surface area contributed by atoms with Crippen molar-refractivity contribution in [1.82, 2.24) is 4.98 Å². The Kier molecular flexibility index (Phi) is 3.41. The van der Waals surface area contributed by atoms with E-state index in [0.717, 1.165) is 23.8 Å². The van der Waals surface area contributed by atoms with E-state index in [0.29, 0.717) is 17.7 Å². The topological polar surface area (TPSA) is 53.4 Å². The van der Waals surface area contributed by atoms with Crippen molar-refractivity contribution in [3.05, 3.63) is 65.6 Å². The number of pyridine rings is 1. The number of nitrogens with zero attached hydrogens (tertiary/aromatic N) is 2. The number of phenolic OH excluding ortho intramolecular Hbond substituents is 1. The Bertz CT molecular complexity index is 955. The molecule has 0 radical (unpaired) electrons. The van der Waals surface area contributed by atoms with E-state index >= 15 is 0 Å². The van der Waals surface area contributed by atoms with Crippen molar-refractivity contribution in [3.63, 3.8) is 0 Å². The Hall–Kier alpha value is -2.95. The molecule has 0 atom stereocenters. The van der Waals surface area contributed by atoms with Gasteiger partial charge in [-0.05, 0) is 48.7 Å². The average Bonchev–Trinajstić information content (AvgIpc) is 2.61. The second-order valence-electron chi connectivity index (χ2n) is 5.87. The number of amides is 1. The van der Waals surface area contributed by atoms with Crippen molar-refractivity contribution in [3.8, 4) is 5.75 Å². The van der Waals surface area contributed by atoms with Crippen LogP contribution in [0.4, 0.5) is 10.1 Å². The lowest BCUT2D eigenvalue weighted by molar-refractivity contribution is 0.0982. The van der Waals surface area contributed by atoms with Gasteiger partial charge >= 0.3 is 0 Å². The first-order valence-electron chi connectivity index (χ1n) is 7.82. The summed E-state index contributed by atoms with van der Waals surface area (Å²) in [4.78, 5) is 18.7. The van der Waals surface area contributed by atoms with E-state index in [-0.39, 0.29) is 23.0 Å². The molecule has 120 valence electrons. The van der Waals surface area contributed by atoms with Gasteiger partial charge in [-0.15, -0.1) is 0 Å². The van der Waals surface area contributed by atoms with Crippen LogP contribution < -0.4 is 4.90 Å². The van der Waals surface area contributed by atoms with E-state index in [9.17, 15) is 14.3 Å². The van der Waals surface area contributed by atoms with Crippen molar-refractivity contribution in [1.29, 1.82) is 0 Å². The quantitative estimate of drug-likeness (QED) is 0.744. The summed E-state index contributed by atoms with van der Waals surface area (Å²) in [7, 11) is 0. The van der Waals surface area contributed by atoms with E-state index in [1.165, 1.54) is 12.1 Å². The summed E-state index contributed by atoms with van der Waals surface area (Å²) < 4.78 is 13.4. The van der Waals surface area contributed by atoms with Crippen LogP contribution in [0.15, 0.2) is 48.7 Å². The molecule has 0 saturated carbocycles. The van der Waals surface area contributed by atoms with Crippen LogP contribution >= 0.6 is 0 Å². The van der Waals surface area contributed by atoms with Crippen LogP contribution in [0.2, 0.25) is 0 Å². The van der Waals surface area contributed by atoms with E-state index in [1.807, 2.05) is 6.07 Å². The molecule has 1 N–H and O–H groups in total. The zero-order chi connectivity index (χ0) is 16.7. The minimum atomic E-state index is -0.305. The third kappa shape index (κ3) is 2.29. The highest BCUT2D eigenvalue weighted by Crippen LogP contribution is 2.33. The van der Waals surface area contributed by atoms with Crippen LogP contribution in [0.5, 0.6) is 5.75 Å². The number of carbonyl (C=O) groups excluding carboxylic acids is 1. The molecule has 0 unspecified atom stereocenters. The predicted octanol–water partition coefficient (Wildman–Crippen LogP) is 3.67. The number of benzene rings is 2. The average molecular weight is 322 g/mol. The van der Waals surface area contributed by atoms with Crippen molar-refractivity contribution in [2.45, 2.75) is 12.8 Å². The molecule has 2 aromatic carbocycles. The zero-order valence-electron chi connectivity index (χ0n) is 12.9. The maximum atomic E-state index is 13.4. The molecule has 0 bridgehead atoms. The summed E-state index contributed by atoms with van der Waals surface area (Å²) in [5, 5.41) is 11.2. The Morgan fingerprint density at radius 1 is 1.21 bits per heavy atom. The summed E-state index contributed by atoms with van der Waals surface area (Å²) in [6, 6.07) is 11.4. The maximum absolute atomic E-state index is 13.4. The highest BCUT2D eigenvalue weighted by molar-refractivity contribution is 6.11. The highest BCUT2D eigenvalue weighted by atomic mass is 19.1. The fourth-order valence-electron chi connectivity index (χ4n) is 3.22. The lowest BCUT2D eigenvalue weighted by Crippen LogP contribution is -2.35. The van der Waals surface area contributed by atoms with Gasteiger partial charge in [-0.3, -0.25) is 9.78 Å². The summed E-state index contributed by atoms with van der Waals surface area (Å²) in [6.07, 6.45) is 3.08. The largest absolute Gasteiger partial charge is 0.505 e. The summed E-state index contributed by atoms with van der Waals surface area (Å²) >= 11 is 0. The minimum Gasteiger partial charge on any atom is -0.505 e. The van der Waals surface area contributed by atoms with Gasteiger partial charge < -0.3 is 10.0 Å². The van der Waals surface area contributed by atoms with Gasteiger partial charge in [0.15, 0.2) is 5.75 Å². The molecule has 1 aliphatic heterocycles. The number of hydrogen-bond acceptors (Lipinski definition) is 3. The number of anilines is 1. The zero-order valence-corrected chi connectivity index (χ0v) is 12.9. The number of aryl methyl sites for hydroxylation is 1. The van der Waals surface area contributed by atoms with Gasteiger partial charge in [0, 0.05) is 23.8 Å². The minimum absolute atomic E-state index is 0.118. The van der Waals surface area contributed by atoms with E-state index in [2.05, 4.69) is 4.98 Å². The maximum Gasteiger partial charge on any atom is 0.262 e. The Labute approximate surface area is 138 Å². The molecule has 5 heteroatoms. The smallest absolute Gasteiger partial charge is 0.262 e. The first-order valence-corrected chi connectivity index (χ1v) is 7.82. The van der Waals surface area contributed by atoms with Crippen molar-refractivity contribution >= 4 is 22.5 Å². The monoisotopic (exact) mass is 322 g/mol.